The molecule has 2 N–H and O–H groups in total. The van der Waals surface area contributed by atoms with Gasteiger partial charge in [-0.1, -0.05) is 18.9 Å². The number of hydrogen-bond acceptors (Lipinski definition) is 3. The fourth-order valence-corrected chi connectivity index (χ4v) is 3.08. The number of benzene rings is 1. The number of nitriles is 1. The molecule has 0 aromatic heterocycles. The second-order valence-electron chi connectivity index (χ2n) is 6.19. The van der Waals surface area contributed by atoms with Crippen molar-refractivity contribution in [3.63, 3.8) is 0 Å². The lowest BCUT2D eigenvalue weighted by Crippen LogP contribution is -2.47. The van der Waals surface area contributed by atoms with Crippen LogP contribution in [0.25, 0.3) is 0 Å². The largest absolute Gasteiger partial charge is 0.348 e. The Bertz CT molecular complexity index is 628. The molecule has 1 aliphatic carbocycles. The number of hydrogen-bond donors (Lipinski definition) is 2. The Morgan fingerprint density at radius 1 is 1.30 bits per heavy atom. The summed E-state index contributed by atoms with van der Waals surface area (Å²) in [7, 11) is 3.49. The molecule has 0 radical (unpaired) electrons. The molecule has 0 atom stereocenters. The zero-order chi connectivity index (χ0) is 16.9. The van der Waals surface area contributed by atoms with Crippen molar-refractivity contribution >= 4 is 17.6 Å². The van der Waals surface area contributed by atoms with Gasteiger partial charge in [0.1, 0.15) is 0 Å². The number of carbonyl (C=O) groups is 2. The van der Waals surface area contributed by atoms with Crippen molar-refractivity contribution in [2.75, 3.05) is 26.0 Å². The molecule has 6 heteroatoms. The SMILES string of the molecule is CN(C)C(=O)C1(CNC(=O)Nc2cccc(C#N)c2)CCCC1. The summed E-state index contributed by atoms with van der Waals surface area (Å²) in [5.41, 5.74) is 0.550. The van der Waals surface area contributed by atoms with Gasteiger partial charge in [-0.05, 0) is 31.0 Å². The number of nitrogens with one attached hydrogen (secondary N) is 2. The highest BCUT2D eigenvalue weighted by Gasteiger charge is 2.42. The van der Waals surface area contributed by atoms with Gasteiger partial charge in [0.25, 0.3) is 0 Å². The van der Waals surface area contributed by atoms with Crippen molar-refractivity contribution in [2.24, 2.45) is 5.41 Å². The van der Waals surface area contributed by atoms with Crippen LogP contribution in [0, 0.1) is 16.7 Å². The number of nitrogens with zero attached hydrogens (tertiary/aromatic N) is 2. The van der Waals surface area contributed by atoms with Crippen LogP contribution in [0.15, 0.2) is 24.3 Å². The molecule has 0 aliphatic heterocycles. The molecular weight excluding hydrogens is 292 g/mol. The van der Waals surface area contributed by atoms with Gasteiger partial charge in [-0.25, -0.2) is 4.79 Å². The van der Waals surface area contributed by atoms with Crippen molar-refractivity contribution in [2.45, 2.75) is 25.7 Å². The summed E-state index contributed by atoms with van der Waals surface area (Å²) in [6, 6.07) is 8.38. The van der Waals surface area contributed by atoms with Gasteiger partial charge >= 0.3 is 6.03 Å². The quantitative estimate of drug-likeness (QED) is 0.894. The predicted octanol–water partition coefficient (Wildman–Crippen LogP) is 2.33. The van der Waals surface area contributed by atoms with Crippen molar-refractivity contribution in [1.29, 1.82) is 5.26 Å². The molecule has 1 aromatic rings. The van der Waals surface area contributed by atoms with E-state index in [2.05, 4.69) is 10.6 Å². The Kier molecular flexibility index (Phi) is 5.22. The highest BCUT2D eigenvalue weighted by atomic mass is 16.2. The van der Waals surface area contributed by atoms with E-state index in [0.717, 1.165) is 25.7 Å². The minimum Gasteiger partial charge on any atom is -0.348 e. The Balaban J connectivity index is 1.97. The summed E-state index contributed by atoms with van der Waals surface area (Å²) < 4.78 is 0. The molecule has 1 aromatic carbocycles. The first kappa shape index (κ1) is 16.8. The third-order valence-corrected chi connectivity index (χ3v) is 4.26. The van der Waals surface area contributed by atoms with Crippen LogP contribution in [0.1, 0.15) is 31.2 Å². The third-order valence-electron chi connectivity index (χ3n) is 4.26. The Hall–Kier alpha value is -2.55. The van der Waals surface area contributed by atoms with E-state index in [9.17, 15) is 9.59 Å². The van der Waals surface area contributed by atoms with Crippen LogP contribution >= 0.6 is 0 Å². The minimum atomic E-state index is -0.491. The van der Waals surface area contributed by atoms with Crippen LogP contribution in [0.2, 0.25) is 0 Å². The van der Waals surface area contributed by atoms with E-state index < -0.39 is 5.41 Å². The second-order valence-corrected chi connectivity index (χ2v) is 6.19. The molecule has 3 amide bonds. The monoisotopic (exact) mass is 314 g/mol. The molecule has 1 aliphatic rings. The lowest BCUT2D eigenvalue weighted by molar-refractivity contribution is -0.138. The van der Waals surface area contributed by atoms with Crippen LogP contribution in [0.4, 0.5) is 10.5 Å². The smallest absolute Gasteiger partial charge is 0.319 e. The standard InChI is InChI=1S/C17H22N4O2/c1-21(2)15(22)17(8-3-4-9-17)12-19-16(23)20-14-7-5-6-13(10-14)11-18/h5-7,10H,3-4,8-9,12H2,1-2H3,(H2,19,20,23). The first-order valence-electron chi connectivity index (χ1n) is 7.74. The molecule has 0 bridgehead atoms. The predicted molar refractivity (Wildman–Crippen MR) is 87.8 cm³/mol. The van der Waals surface area contributed by atoms with E-state index in [1.807, 2.05) is 6.07 Å². The minimum absolute atomic E-state index is 0.0711. The number of urea groups is 1. The molecular formula is C17H22N4O2. The maximum atomic E-state index is 12.4. The molecule has 1 saturated carbocycles. The summed E-state index contributed by atoms with van der Waals surface area (Å²) in [6.45, 7) is 0.327. The maximum absolute atomic E-state index is 12.4. The van der Waals surface area contributed by atoms with Gasteiger partial charge in [0, 0.05) is 26.3 Å². The number of anilines is 1. The van der Waals surface area contributed by atoms with Crippen LogP contribution in [-0.4, -0.2) is 37.5 Å². The van der Waals surface area contributed by atoms with Gasteiger partial charge < -0.3 is 15.5 Å². The van der Waals surface area contributed by atoms with Crippen LogP contribution < -0.4 is 10.6 Å². The molecule has 1 fully saturated rings. The molecule has 2 rings (SSSR count). The summed E-state index contributed by atoms with van der Waals surface area (Å²) in [5, 5.41) is 14.4. The number of carbonyl (C=O) groups excluding carboxylic acids is 2. The zero-order valence-corrected chi connectivity index (χ0v) is 13.6. The van der Waals surface area contributed by atoms with Gasteiger partial charge in [-0.3, -0.25) is 4.79 Å². The second kappa shape index (κ2) is 7.14. The summed E-state index contributed by atoms with van der Waals surface area (Å²) in [6.07, 6.45) is 3.61. The highest BCUT2D eigenvalue weighted by Crippen LogP contribution is 2.38. The summed E-state index contributed by atoms with van der Waals surface area (Å²) in [4.78, 5) is 26.1. The molecule has 0 heterocycles. The van der Waals surface area contributed by atoms with E-state index in [0.29, 0.717) is 17.8 Å². The summed E-state index contributed by atoms with van der Waals surface area (Å²) in [5.74, 6) is 0.0711. The highest BCUT2D eigenvalue weighted by molar-refractivity contribution is 5.90. The molecule has 0 spiro atoms. The summed E-state index contributed by atoms with van der Waals surface area (Å²) >= 11 is 0. The average molecular weight is 314 g/mol. The zero-order valence-electron chi connectivity index (χ0n) is 13.6. The van der Waals surface area contributed by atoms with Gasteiger partial charge in [0.05, 0.1) is 17.0 Å². The van der Waals surface area contributed by atoms with Crippen molar-refractivity contribution in [3.8, 4) is 6.07 Å². The molecule has 122 valence electrons. The fraction of sp³-hybridized carbons (Fsp3) is 0.471. The first-order chi connectivity index (χ1) is 11.0. The van der Waals surface area contributed by atoms with Crippen LogP contribution in [0.5, 0.6) is 0 Å². The van der Waals surface area contributed by atoms with Crippen molar-refractivity contribution < 1.29 is 9.59 Å². The van der Waals surface area contributed by atoms with Crippen molar-refractivity contribution in [1.82, 2.24) is 10.2 Å². The van der Waals surface area contributed by atoms with E-state index in [1.54, 1.807) is 43.3 Å². The van der Waals surface area contributed by atoms with E-state index >= 15 is 0 Å². The third kappa shape index (κ3) is 4.01. The molecule has 0 saturated heterocycles. The number of amides is 3. The topological polar surface area (TPSA) is 85.2 Å². The normalized spacial score (nSPS) is 15.5. The van der Waals surface area contributed by atoms with Gasteiger partial charge in [-0.15, -0.1) is 0 Å². The van der Waals surface area contributed by atoms with E-state index in [1.165, 1.54) is 0 Å². The Labute approximate surface area is 136 Å². The average Bonchev–Trinajstić information content (AvgIpc) is 3.02. The van der Waals surface area contributed by atoms with E-state index in [4.69, 9.17) is 5.26 Å². The van der Waals surface area contributed by atoms with Gasteiger partial charge in [-0.2, -0.15) is 5.26 Å². The molecule has 0 unspecified atom stereocenters. The van der Waals surface area contributed by atoms with Crippen LogP contribution in [0.3, 0.4) is 0 Å². The maximum Gasteiger partial charge on any atom is 0.319 e. The van der Waals surface area contributed by atoms with Gasteiger partial charge in [0.2, 0.25) is 5.91 Å². The number of rotatable bonds is 4. The van der Waals surface area contributed by atoms with Gasteiger partial charge in [0.15, 0.2) is 0 Å². The molecule has 6 nitrogen and oxygen atoms in total. The first-order valence-corrected chi connectivity index (χ1v) is 7.74. The van der Waals surface area contributed by atoms with E-state index in [-0.39, 0.29) is 11.9 Å². The van der Waals surface area contributed by atoms with Crippen molar-refractivity contribution in [3.05, 3.63) is 29.8 Å². The molecule has 23 heavy (non-hydrogen) atoms. The fourth-order valence-electron chi connectivity index (χ4n) is 3.08. The van der Waals surface area contributed by atoms with Crippen LogP contribution in [-0.2, 0) is 4.79 Å². The Morgan fingerprint density at radius 2 is 2.00 bits per heavy atom. The lowest BCUT2D eigenvalue weighted by Gasteiger charge is -2.30. The lowest BCUT2D eigenvalue weighted by atomic mass is 9.84. The Morgan fingerprint density at radius 3 is 2.61 bits per heavy atom.